The van der Waals surface area contributed by atoms with Crippen molar-refractivity contribution in [3.8, 4) is 0 Å². The van der Waals surface area contributed by atoms with Crippen molar-refractivity contribution in [1.29, 1.82) is 0 Å². The summed E-state index contributed by atoms with van der Waals surface area (Å²) in [4.78, 5) is 26.9. The number of sulfonamides is 1. The third kappa shape index (κ3) is 6.86. The maximum absolute atomic E-state index is 13.7. The molecule has 1 aliphatic heterocycles. The highest BCUT2D eigenvalue weighted by Gasteiger charge is 2.38. The fourth-order valence-corrected chi connectivity index (χ4v) is 5.66. The Labute approximate surface area is 205 Å². The fraction of sp³-hybridized carbons (Fsp3) is 0.417. The van der Waals surface area contributed by atoms with Crippen molar-refractivity contribution in [3.63, 3.8) is 0 Å². The molecule has 1 aliphatic rings. The average Bonchev–Trinajstić information content (AvgIpc) is 2.87. The van der Waals surface area contributed by atoms with Crippen LogP contribution in [0.4, 0.5) is 5.69 Å². The minimum atomic E-state index is -4.11. The molecule has 1 saturated heterocycles. The minimum absolute atomic E-state index is 0.0198. The fourth-order valence-electron chi connectivity index (χ4n) is 3.94. The van der Waals surface area contributed by atoms with E-state index in [1.165, 1.54) is 24.3 Å². The molecule has 2 amide bonds. The van der Waals surface area contributed by atoms with Gasteiger partial charge < -0.3 is 10.1 Å². The molecule has 2 aromatic carbocycles. The molecule has 1 fully saturated rings. The van der Waals surface area contributed by atoms with Gasteiger partial charge in [0.25, 0.3) is 11.8 Å². The number of hydrogen-bond donors (Lipinski definition) is 3. The number of carbonyl (C=O) groups is 2. The van der Waals surface area contributed by atoms with Gasteiger partial charge in [0, 0.05) is 37.4 Å². The molecule has 1 unspecified atom stereocenters. The van der Waals surface area contributed by atoms with Crippen LogP contribution in [0.1, 0.15) is 24.2 Å². The molecule has 1 heterocycles. The second-order valence-corrected chi connectivity index (χ2v) is 10.5. The lowest BCUT2D eigenvalue weighted by Crippen LogP contribution is -2.54. The van der Waals surface area contributed by atoms with Gasteiger partial charge in [-0.25, -0.2) is 13.9 Å². The van der Waals surface area contributed by atoms with Gasteiger partial charge in [0.1, 0.15) is 6.04 Å². The normalized spacial score (nSPS) is 15.7. The van der Waals surface area contributed by atoms with Crippen molar-refractivity contribution in [2.24, 2.45) is 5.92 Å². The molecule has 0 spiro atoms. The molecule has 0 saturated carbocycles. The highest BCUT2D eigenvalue weighted by Crippen LogP contribution is 2.24. The Bertz CT molecular complexity index is 1090. The average molecular weight is 505 g/mol. The van der Waals surface area contributed by atoms with Crippen LogP contribution >= 0.6 is 0 Å². The Morgan fingerprint density at radius 1 is 1.06 bits per heavy atom. The maximum atomic E-state index is 13.7. The zero-order chi connectivity index (χ0) is 25.4. The molecule has 3 rings (SSSR count). The van der Waals surface area contributed by atoms with Crippen LogP contribution in [0.2, 0.25) is 0 Å². The topological polar surface area (TPSA) is 128 Å². The second-order valence-electron chi connectivity index (χ2n) is 8.58. The number of benzene rings is 2. The van der Waals surface area contributed by atoms with Crippen LogP contribution in [0.3, 0.4) is 0 Å². The van der Waals surface area contributed by atoms with Crippen molar-refractivity contribution >= 4 is 27.5 Å². The third-order valence-corrected chi connectivity index (χ3v) is 7.71. The van der Waals surface area contributed by atoms with Gasteiger partial charge >= 0.3 is 0 Å². The molecule has 11 heteroatoms. The van der Waals surface area contributed by atoms with Crippen molar-refractivity contribution in [3.05, 3.63) is 60.2 Å². The Morgan fingerprint density at radius 2 is 1.69 bits per heavy atom. The summed E-state index contributed by atoms with van der Waals surface area (Å²) in [5, 5.41) is 12.0. The first-order valence-electron chi connectivity index (χ1n) is 11.5. The summed E-state index contributed by atoms with van der Waals surface area (Å²) in [5.41, 5.74) is 2.52. The number of hydrogen-bond acceptors (Lipinski definition) is 7. The number of morpholine rings is 1. The highest BCUT2D eigenvalue weighted by atomic mass is 32.2. The number of nitrogens with zero attached hydrogens (tertiary/aromatic N) is 2. The zero-order valence-corrected chi connectivity index (χ0v) is 20.7. The molecule has 0 aromatic heterocycles. The summed E-state index contributed by atoms with van der Waals surface area (Å²) >= 11 is 0. The van der Waals surface area contributed by atoms with Gasteiger partial charge in [-0.1, -0.05) is 32.0 Å². The van der Waals surface area contributed by atoms with Crippen molar-refractivity contribution < 1.29 is 28.0 Å². The number of amides is 2. The SMILES string of the molecule is CC(C)C(C(=O)NO)N(CCN1CCOCC1)S(=O)(=O)c1ccc(NC(=O)c2ccccc2)cc1. The Balaban J connectivity index is 1.83. The van der Waals surface area contributed by atoms with Gasteiger partial charge in [0.15, 0.2) is 0 Å². The van der Waals surface area contributed by atoms with E-state index in [4.69, 9.17) is 4.74 Å². The van der Waals surface area contributed by atoms with Crippen LogP contribution in [0.15, 0.2) is 59.5 Å². The summed E-state index contributed by atoms with van der Waals surface area (Å²) < 4.78 is 33.8. The van der Waals surface area contributed by atoms with E-state index in [2.05, 4.69) is 10.2 Å². The van der Waals surface area contributed by atoms with Gasteiger partial charge in [-0.05, 0) is 42.3 Å². The Kier molecular flexibility index (Phi) is 9.35. The van der Waals surface area contributed by atoms with Crippen LogP contribution < -0.4 is 10.8 Å². The van der Waals surface area contributed by atoms with Crippen LogP contribution in [0.25, 0.3) is 0 Å². The predicted octanol–water partition coefficient (Wildman–Crippen LogP) is 1.79. The zero-order valence-electron chi connectivity index (χ0n) is 19.9. The number of carbonyl (C=O) groups excluding carboxylic acids is 2. The van der Waals surface area contributed by atoms with Gasteiger partial charge in [0.05, 0.1) is 18.1 Å². The van der Waals surface area contributed by atoms with Gasteiger partial charge in [-0.15, -0.1) is 0 Å². The summed E-state index contributed by atoms with van der Waals surface area (Å²) in [5.74, 6) is -1.50. The first-order valence-corrected chi connectivity index (χ1v) is 12.9. The van der Waals surface area contributed by atoms with E-state index in [0.29, 0.717) is 44.1 Å². The maximum Gasteiger partial charge on any atom is 0.262 e. The molecule has 35 heavy (non-hydrogen) atoms. The lowest BCUT2D eigenvalue weighted by molar-refractivity contribution is -0.134. The lowest BCUT2D eigenvalue weighted by atomic mass is 10.0. The lowest BCUT2D eigenvalue weighted by Gasteiger charge is -2.34. The summed E-state index contributed by atoms with van der Waals surface area (Å²) in [6.45, 7) is 6.38. The summed E-state index contributed by atoms with van der Waals surface area (Å²) in [7, 11) is -4.11. The van der Waals surface area contributed by atoms with Crippen molar-refractivity contribution in [2.75, 3.05) is 44.7 Å². The molecule has 190 valence electrons. The van der Waals surface area contributed by atoms with Gasteiger partial charge in [-0.3, -0.25) is 19.7 Å². The smallest absolute Gasteiger partial charge is 0.262 e. The van der Waals surface area contributed by atoms with Crippen LogP contribution in [0, 0.1) is 5.92 Å². The van der Waals surface area contributed by atoms with Crippen LogP contribution in [0.5, 0.6) is 0 Å². The standard InChI is InChI=1S/C24H32N4O6S/c1-18(2)22(24(30)26-31)28(13-12-27-14-16-34-17-15-27)35(32,33)21-10-8-20(9-11-21)25-23(29)19-6-4-3-5-7-19/h3-11,18,22,31H,12-17H2,1-2H3,(H,25,29)(H,26,30). The third-order valence-electron chi connectivity index (χ3n) is 5.82. The summed E-state index contributed by atoms with van der Waals surface area (Å²) in [6.07, 6.45) is 0. The number of hydroxylamine groups is 1. The highest BCUT2D eigenvalue weighted by molar-refractivity contribution is 7.89. The van der Waals surface area contributed by atoms with E-state index >= 15 is 0 Å². The molecule has 0 aliphatic carbocycles. The van der Waals surface area contributed by atoms with E-state index in [1.54, 1.807) is 43.6 Å². The molecule has 3 N–H and O–H groups in total. The van der Waals surface area contributed by atoms with Crippen LogP contribution in [-0.2, 0) is 19.6 Å². The molecule has 0 radical (unpaired) electrons. The predicted molar refractivity (Wildman–Crippen MR) is 131 cm³/mol. The monoisotopic (exact) mass is 504 g/mol. The Morgan fingerprint density at radius 3 is 2.26 bits per heavy atom. The molecule has 0 bridgehead atoms. The quantitative estimate of drug-likeness (QED) is 0.332. The van der Waals surface area contributed by atoms with E-state index in [9.17, 15) is 23.2 Å². The molecular weight excluding hydrogens is 472 g/mol. The Hall–Kier alpha value is -2.83. The molecular formula is C24H32N4O6S. The van der Waals surface area contributed by atoms with E-state index in [-0.39, 0.29) is 17.3 Å². The first-order chi connectivity index (χ1) is 16.7. The molecule has 2 aromatic rings. The number of anilines is 1. The minimum Gasteiger partial charge on any atom is -0.379 e. The molecule has 1 atom stereocenters. The number of nitrogens with one attached hydrogen (secondary N) is 2. The first kappa shape index (κ1) is 26.8. The van der Waals surface area contributed by atoms with Crippen molar-refractivity contribution in [2.45, 2.75) is 24.8 Å². The van der Waals surface area contributed by atoms with Crippen LogP contribution in [-0.4, -0.2) is 80.1 Å². The largest absolute Gasteiger partial charge is 0.379 e. The van der Waals surface area contributed by atoms with E-state index in [1.807, 2.05) is 6.07 Å². The number of ether oxygens (including phenoxy) is 1. The summed E-state index contributed by atoms with van der Waals surface area (Å²) in [6, 6.07) is 13.4. The second kappa shape index (κ2) is 12.2. The molecule has 10 nitrogen and oxygen atoms in total. The van der Waals surface area contributed by atoms with Gasteiger partial charge in [0.2, 0.25) is 10.0 Å². The van der Waals surface area contributed by atoms with E-state index in [0.717, 1.165) is 4.31 Å². The van der Waals surface area contributed by atoms with E-state index < -0.39 is 27.9 Å². The number of rotatable bonds is 10. The van der Waals surface area contributed by atoms with Crippen molar-refractivity contribution in [1.82, 2.24) is 14.7 Å². The van der Waals surface area contributed by atoms with Gasteiger partial charge in [-0.2, -0.15) is 4.31 Å².